The van der Waals surface area contributed by atoms with Crippen LogP contribution in [0.4, 0.5) is 0 Å². The van der Waals surface area contributed by atoms with Crippen LogP contribution in [0.2, 0.25) is 0 Å². The van der Waals surface area contributed by atoms with Crippen LogP contribution in [0.15, 0.2) is 60.7 Å². The molecule has 0 spiro atoms. The number of amides is 2. The molecular weight excluding hydrogens is 340 g/mol. The van der Waals surface area contributed by atoms with Gasteiger partial charge in [0.15, 0.2) is 0 Å². The lowest BCUT2D eigenvalue weighted by Crippen LogP contribution is -2.28. The molecule has 0 bridgehead atoms. The van der Waals surface area contributed by atoms with Gasteiger partial charge in [-0.3, -0.25) is 14.8 Å². The molecule has 0 heterocycles. The first-order valence-electron chi connectivity index (χ1n) is 9.50. The maximum absolute atomic E-state index is 12.2. The number of carbonyl (C=O) groups is 2. The van der Waals surface area contributed by atoms with E-state index in [0.29, 0.717) is 19.4 Å². The third-order valence-electron chi connectivity index (χ3n) is 4.59. The van der Waals surface area contributed by atoms with E-state index >= 15 is 0 Å². The number of carbonyl (C=O) groups excluding carboxylic acids is 2. The van der Waals surface area contributed by atoms with E-state index in [1.807, 2.05) is 36.4 Å². The van der Waals surface area contributed by atoms with Crippen LogP contribution < -0.4 is 10.8 Å². The average Bonchev–Trinajstić information content (AvgIpc) is 2.72. The summed E-state index contributed by atoms with van der Waals surface area (Å²) >= 11 is 0. The van der Waals surface area contributed by atoms with Gasteiger partial charge in [0.25, 0.3) is 0 Å². The van der Waals surface area contributed by atoms with Crippen LogP contribution in [0.25, 0.3) is 0 Å². The van der Waals surface area contributed by atoms with Crippen LogP contribution in [0, 0.1) is 0 Å². The monoisotopic (exact) mass is 368 g/mol. The number of hydrogen-bond donors (Lipinski definition) is 3. The summed E-state index contributed by atoms with van der Waals surface area (Å²) in [7, 11) is 0. The summed E-state index contributed by atoms with van der Waals surface area (Å²) in [5.41, 5.74) is 4.00. The molecule has 0 atom stereocenters. The standard InChI is InChI=1S/C22H28N2O3/c25-21(15-9-1-2-10-16-22(26)24-27)23-17-20(18-11-5-3-6-12-18)19-13-7-4-8-14-19/h3-8,11-14,20,27H,1-2,9-10,15-17H2,(H,23,25)(H,24,26). The van der Waals surface area contributed by atoms with Crippen molar-refractivity contribution in [2.45, 2.75) is 44.4 Å². The number of hydroxylamine groups is 1. The van der Waals surface area contributed by atoms with Crippen molar-refractivity contribution in [1.29, 1.82) is 0 Å². The Labute approximate surface area is 160 Å². The maximum Gasteiger partial charge on any atom is 0.243 e. The van der Waals surface area contributed by atoms with Crippen LogP contribution in [-0.4, -0.2) is 23.6 Å². The van der Waals surface area contributed by atoms with E-state index in [4.69, 9.17) is 5.21 Å². The minimum Gasteiger partial charge on any atom is -0.355 e. The molecule has 5 heteroatoms. The number of benzene rings is 2. The van der Waals surface area contributed by atoms with E-state index in [0.717, 1.165) is 25.7 Å². The zero-order chi connectivity index (χ0) is 19.3. The third-order valence-corrected chi connectivity index (χ3v) is 4.59. The van der Waals surface area contributed by atoms with Gasteiger partial charge in [-0.05, 0) is 24.0 Å². The minimum atomic E-state index is -0.361. The fourth-order valence-electron chi connectivity index (χ4n) is 3.08. The molecule has 0 aromatic heterocycles. The highest BCUT2D eigenvalue weighted by Gasteiger charge is 2.14. The number of rotatable bonds is 11. The van der Waals surface area contributed by atoms with Gasteiger partial charge in [-0.15, -0.1) is 0 Å². The molecule has 0 aliphatic heterocycles. The lowest BCUT2D eigenvalue weighted by molar-refractivity contribution is -0.129. The van der Waals surface area contributed by atoms with Gasteiger partial charge >= 0.3 is 0 Å². The first-order chi connectivity index (χ1) is 13.2. The van der Waals surface area contributed by atoms with Gasteiger partial charge in [0.2, 0.25) is 11.8 Å². The Bertz CT molecular complexity index is 650. The minimum absolute atomic E-state index is 0.0555. The summed E-state index contributed by atoms with van der Waals surface area (Å²) in [6.45, 7) is 0.573. The predicted octanol–water partition coefficient (Wildman–Crippen LogP) is 3.78. The molecular formula is C22H28N2O3. The Hall–Kier alpha value is -2.66. The second-order valence-corrected chi connectivity index (χ2v) is 6.63. The Balaban J connectivity index is 1.76. The number of nitrogens with one attached hydrogen (secondary N) is 2. The van der Waals surface area contributed by atoms with Crippen molar-refractivity contribution < 1.29 is 14.8 Å². The molecule has 5 nitrogen and oxygen atoms in total. The maximum atomic E-state index is 12.2. The summed E-state index contributed by atoms with van der Waals surface area (Å²) in [5.74, 6) is -0.172. The highest BCUT2D eigenvalue weighted by atomic mass is 16.5. The average molecular weight is 368 g/mol. The molecule has 2 rings (SSSR count). The van der Waals surface area contributed by atoms with Gasteiger partial charge < -0.3 is 5.32 Å². The van der Waals surface area contributed by atoms with E-state index in [-0.39, 0.29) is 17.7 Å². The molecule has 0 saturated heterocycles. The Morgan fingerprint density at radius 1 is 0.741 bits per heavy atom. The first kappa shape index (κ1) is 20.6. The normalized spacial score (nSPS) is 10.6. The highest BCUT2D eigenvalue weighted by molar-refractivity contribution is 5.76. The summed E-state index contributed by atoms with van der Waals surface area (Å²) in [6.07, 6.45) is 4.09. The van der Waals surface area contributed by atoms with Crippen LogP contribution in [-0.2, 0) is 9.59 Å². The molecule has 0 radical (unpaired) electrons. The molecule has 3 N–H and O–H groups in total. The van der Waals surface area contributed by atoms with Crippen LogP contribution >= 0.6 is 0 Å². The van der Waals surface area contributed by atoms with Gasteiger partial charge in [0, 0.05) is 25.3 Å². The lowest BCUT2D eigenvalue weighted by atomic mass is 9.91. The topological polar surface area (TPSA) is 78.4 Å². The Kier molecular flexibility index (Phi) is 9.07. The zero-order valence-corrected chi connectivity index (χ0v) is 15.6. The van der Waals surface area contributed by atoms with Crippen molar-refractivity contribution in [3.8, 4) is 0 Å². The highest BCUT2D eigenvalue weighted by Crippen LogP contribution is 2.23. The fraction of sp³-hybridized carbons (Fsp3) is 0.364. The molecule has 144 valence electrons. The van der Waals surface area contributed by atoms with Crippen molar-refractivity contribution in [1.82, 2.24) is 10.8 Å². The van der Waals surface area contributed by atoms with Gasteiger partial charge in [0.1, 0.15) is 0 Å². The van der Waals surface area contributed by atoms with E-state index in [2.05, 4.69) is 29.6 Å². The lowest BCUT2D eigenvalue weighted by Gasteiger charge is -2.19. The van der Waals surface area contributed by atoms with Crippen molar-refractivity contribution in [2.24, 2.45) is 0 Å². The zero-order valence-electron chi connectivity index (χ0n) is 15.6. The van der Waals surface area contributed by atoms with Gasteiger partial charge in [0.05, 0.1) is 0 Å². The molecule has 0 saturated carbocycles. The second kappa shape index (κ2) is 11.9. The quantitative estimate of drug-likeness (QED) is 0.321. The Morgan fingerprint density at radius 3 is 1.70 bits per heavy atom. The summed E-state index contributed by atoms with van der Waals surface area (Å²) < 4.78 is 0. The van der Waals surface area contributed by atoms with E-state index in [1.54, 1.807) is 5.48 Å². The summed E-state index contributed by atoms with van der Waals surface area (Å²) in [4.78, 5) is 23.1. The SMILES string of the molecule is O=C(CCCCCCC(=O)NCC(c1ccccc1)c1ccccc1)NO. The smallest absolute Gasteiger partial charge is 0.243 e. The molecule has 2 aromatic carbocycles. The summed E-state index contributed by atoms with van der Waals surface area (Å²) in [6, 6.07) is 20.4. The number of unbranched alkanes of at least 4 members (excludes halogenated alkanes) is 3. The van der Waals surface area contributed by atoms with E-state index in [1.165, 1.54) is 11.1 Å². The predicted molar refractivity (Wildman–Crippen MR) is 105 cm³/mol. The van der Waals surface area contributed by atoms with Crippen molar-refractivity contribution >= 4 is 11.8 Å². The van der Waals surface area contributed by atoms with E-state index < -0.39 is 0 Å². The molecule has 0 fully saturated rings. The molecule has 0 aliphatic rings. The van der Waals surface area contributed by atoms with Gasteiger partial charge in [-0.2, -0.15) is 0 Å². The summed E-state index contributed by atoms with van der Waals surface area (Å²) in [5, 5.41) is 11.5. The van der Waals surface area contributed by atoms with Crippen LogP contribution in [0.1, 0.15) is 55.6 Å². The second-order valence-electron chi connectivity index (χ2n) is 6.63. The molecule has 0 aliphatic carbocycles. The Morgan fingerprint density at radius 2 is 1.22 bits per heavy atom. The van der Waals surface area contributed by atoms with Crippen molar-refractivity contribution in [2.75, 3.05) is 6.54 Å². The molecule has 2 aromatic rings. The van der Waals surface area contributed by atoms with Crippen LogP contribution in [0.5, 0.6) is 0 Å². The van der Waals surface area contributed by atoms with Crippen LogP contribution in [0.3, 0.4) is 0 Å². The van der Waals surface area contributed by atoms with Gasteiger partial charge in [-0.25, -0.2) is 5.48 Å². The molecule has 0 unspecified atom stereocenters. The first-order valence-corrected chi connectivity index (χ1v) is 9.50. The third kappa shape index (κ3) is 7.62. The van der Waals surface area contributed by atoms with E-state index in [9.17, 15) is 9.59 Å². The molecule has 27 heavy (non-hydrogen) atoms. The largest absolute Gasteiger partial charge is 0.355 e. The fourth-order valence-corrected chi connectivity index (χ4v) is 3.08. The van der Waals surface area contributed by atoms with Crippen molar-refractivity contribution in [3.05, 3.63) is 71.8 Å². The van der Waals surface area contributed by atoms with Crippen molar-refractivity contribution in [3.63, 3.8) is 0 Å². The molecule has 2 amide bonds. The van der Waals surface area contributed by atoms with Gasteiger partial charge in [-0.1, -0.05) is 73.5 Å². The number of hydrogen-bond acceptors (Lipinski definition) is 3.